The van der Waals surface area contributed by atoms with Gasteiger partial charge >= 0.3 is 6.01 Å². The minimum absolute atomic E-state index is 0.0454. The molecule has 2 fully saturated rings. The minimum atomic E-state index is -0.932. The lowest BCUT2D eigenvalue weighted by Gasteiger charge is -2.32. The molecule has 220 valence electrons. The summed E-state index contributed by atoms with van der Waals surface area (Å²) in [5, 5.41) is 7.33. The number of hydrogen-bond donors (Lipinski definition) is 1. The van der Waals surface area contributed by atoms with Crippen LogP contribution in [0, 0.1) is 11.6 Å². The summed E-state index contributed by atoms with van der Waals surface area (Å²) in [6, 6.07) is 1.56. The summed E-state index contributed by atoms with van der Waals surface area (Å²) in [4.78, 5) is 25.5. The van der Waals surface area contributed by atoms with E-state index in [2.05, 4.69) is 41.2 Å². The molecule has 0 bridgehead atoms. The van der Waals surface area contributed by atoms with Gasteiger partial charge < -0.3 is 19.7 Å². The third-order valence-electron chi connectivity index (χ3n) is 8.07. The molecule has 6 rings (SSSR count). The minimum Gasteiger partial charge on any atom is -0.493 e. The Morgan fingerprint density at radius 1 is 1.24 bits per heavy atom. The number of halogens is 4. The molecule has 1 aromatic carbocycles. The fourth-order valence-electron chi connectivity index (χ4n) is 6.23. The highest BCUT2D eigenvalue weighted by atomic mass is 79.9. The quantitative estimate of drug-likeness (QED) is 0.389. The SMILES string of the molecule is COc1c(F)c(Br)c(F)c2nc(OCC34CCCN3C[C@H](F)C4)nc(N3CCn4nc(C(=O)NC(C)C)cc4C3)c12. The second kappa shape index (κ2) is 10.6. The molecular weight excluding hydrogens is 607 g/mol. The van der Waals surface area contributed by atoms with E-state index in [0.717, 1.165) is 25.1 Å². The number of aromatic nitrogens is 4. The van der Waals surface area contributed by atoms with Gasteiger partial charge in [-0.3, -0.25) is 14.4 Å². The molecule has 0 saturated carbocycles. The van der Waals surface area contributed by atoms with Gasteiger partial charge in [-0.25, -0.2) is 13.2 Å². The lowest BCUT2D eigenvalue weighted by molar-refractivity contribution is 0.0937. The standard InChI is InChI=1S/C27H31BrF3N7O3/c1-14(2)32-25(39)17-9-16-12-36(7-8-38(16)35-17)24-18-22(20(30)19(28)21(31)23(18)40-3)33-26(34-24)41-13-27-5-4-6-37(27)11-15(29)10-27/h9,14-15H,4-8,10-13H2,1-3H3,(H,32,39)/t15-,27?/m1/s1. The number of alkyl halides is 1. The summed E-state index contributed by atoms with van der Waals surface area (Å²) in [5.74, 6) is -2.08. The van der Waals surface area contributed by atoms with Crippen LogP contribution in [0.4, 0.5) is 19.0 Å². The maximum atomic E-state index is 15.5. The molecule has 14 heteroatoms. The van der Waals surface area contributed by atoms with Crippen molar-refractivity contribution in [2.75, 3.05) is 38.3 Å². The number of nitrogens with one attached hydrogen (secondary N) is 1. The van der Waals surface area contributed by atoms with Gasteiger partial charge in [-0.15, -0.1) is 0 Å². The first-order chi connectivity index (χ1) is 19.6. The molecule has 3 aliphatic rings. The van der Waals surface area contributed by atoms with Crippen LogP contribution in [0.3, 0.4) is 0 Å². The third kappa shape index (κ3) is 4.88. The van der Waals surface area contributed by atoms with Crippen LogP contribution in [-0.2, 0) is 13.1 Å². The first-order valence-corrected chi connectivity index (χ1v) is 14.5. The number of ether oxygens (including phenoxy) is 2. The Hall–Kier alpha value is -3.13. The van der Waals surface area contributed by atoms with Gasteiger partial charge in [0.05, 0.1) is 41.3 Å². The van der Waals surface area contributed by atoms with Crippen molar-refractivity contribution in [1.82, 2.24) is 30.0 Å². The smallest absolute Gasteiger partial charge is 0.319 e. The molecule has 10 nitrogen and oxygen atoms in total. The number of carbonyl (C=O) groups is 1. The molecule has 1 N–H and O–H groups in total. The molecule has 0 aliphatic carbocycles. The number of rotatable bonds is 7. The van der Waals surface area contributed by atoms with Crippen LogP contribution >= 0.6 is 15.9 Å². The van der Waals surface area contributed by atoms with Crippen LogP contribution in [0.1, 0.15) is 49.3 Å². The zero-order valence-corrected chi connectivity index (χ0v) is 24.6. The van der Waals surface area contributed by atoms with Gasteiger partial charge in [-0.1, -0.05) is 0 Å². The van der Waals surface area contributed by atoms with Gasteiger partial charge in [0.1, 0.15) is 24.1 Å². The summed E-state index contributed by atoms with van der Waals surface area (Å²) in [7, 11) is 1.29. The van der Waals surface area contributed by atoms with Gasteiger partial charge in [-0.05, 0) is 55.2 Å². The maximum Gasteiger partial charge on any atom is 0.319 e. The Bertz CT molecular complexity index is 1520. The van der Waals surface area contributed by atoms with E-state index >= 15 is 8.78 Å². The first kappa shape index (κ1) is 28.0. The number of nitrogens with zero attached hydrogens (tertiary/aromatic N) is 6. The van der Waals surface area contributed by atoms with E-state index in [1.54, 1.807) is 10.7 Å². The first-order valence-electron chi connectivity index (χ1n) is 13.7. The van der Waals surface area contributed by atoms with Crippen LogP contribution in [0.25, 0.3) is 10.9 Å². The fourth-order valence-corrected chi connectivity index (χ4v) is 6.60. The van der Waals surface area contributed by atoms with Gasteiger partial charge in [0, 0.05) is 25.6 Å². The van der Waals surface area contributed by atoms with E-state index in [4.69, 9.17) is 9.47 Å². The second-order valence-electron chi connectivity index (χ2n) is 11.2. The molecule has 2 atom stereocenters. The molecule has 2 aromatic heterocycles. The molecule has 1 amide bonds. The van der Waals surface area contributed by atoms with Crippen LogP contribution in [0.5, 0.6) is 11.8 Å². The summed E-state index contributed by atoms with van der Waals surface area (Å²) < 4.78 is 57.8. The van der Waals surface area contributed by atoms with E-state index in [9.17, 15) is 9.18 Å². The predicted molar refractivity (Wildman–Crippen MR) is 148 cm³/mol. The molecule has 1 unspecified atom stereocenters. The third-order valence-corrected chi connectivity index (χ3v) is 8.77. The zero-order chi connectivity index (χ0) is 29.1. The van der Waals surface area contributed by atoms with Gasteiger partial charge in [-0.2, -0.15) is 15.1 Å². The largest absolute Gasteiger partial charge is 0.493 e. The number of hydrogen-bond acceptors (Lipinski definition) is 8. The second-order valence-corrected chi connectivity index (χ2v) is 12.0. The Labute approximate surface area is 243 Å². The molecule has 0 radical (unpaired) electrons. The Morgan fingerprint density at radius 2 is 2.05 bits per heavy atom. The lowest BCUT2D eigenvalue weighted by Crippen LogP contribution is -2.43. The number of carbonyl (C=O) groups excluding carboxylic acids is 1. The Morgan fingerprint density at radius 3 is 2.80 bits per heavy atom. The van der Waals surface area contributed by atoms with Gasteiger partial charge in [0.2, 0.25) is 0 Å². The molecule has 3 aromatic rings. The van der Waals surface area contributed by atoms with Crippen molar-refractivity contribution in [3.05, 3.63) is 33.6 Å². The molecule has 41 heavy (non-hydrogen) atoms. The monoisotopic (exact) mass is 637 g/mol. The van der Waals surface area contributed by atoms with E-state index in [1.165, 1.54) is 7.11 Å². The van der Waals surface area contributed by atoms with Crippen molar-refractivity contribution in [2.45, 2.75) is 64.0 Å². The summed E-state index contributed by atoms with van der Waals surface area (Å²) >= 11 is 2.98. The Kier molecular flexibility index (Phi) is 7.25. The maximum absolute atomic E-state index is 15.5. The van der Waals surface area contributed by atoms with E-state index in [0.29, 0.717) is 26.1 Å². The van der Waals surface area contributed by atoms with Crippen molar-refractivity contribution in [1.29, 1.82) is 0 Å². The summed E-state index contributed by atoms with van der Waals surface area (Å²) in [6.45, 7) is 6.10. The number of anilines is 1. The molecule has 3 aliphatic heterocycles. The van der Waals surface area contributed by atoms with Gasteiger partial charge in [0.15, 0.2) is 23.1 Å². The highest BCUT2D eigenvalue weighted by Crippen LogP contribution is 2.43. The van der Waals surface area contributed by atoms with Crippen molar-refractivity contribution in [2.24, 2.45) is 0 Å². The summed E-state index contributed by atoms with van der Waals surface area (Å²) in [5.41, 5.74) is 0.398. The number of fused-ring (bicyclic) bond motifs is 3. The van der Waals surface area contributed by atoms with E-state index in [1.807, 2.05) is 18.7 Å². The predicted octanol–water partition coefficient (Wildman–Crippen LogP) is 3.99. The number of benzene rings is 1. The Balaban J connectivity index is 1.39. The van der Waals surface area contributed by atoms with Crippen LogP contribution in [0.2, 0.25) is 0 Å². The zero-order valence-electron chi connectivity index (χ0n) is 23.0. The van der Waals surface area contributed by atoms with Gasteiger partial charge in [0.25, 0.3) is 5.91 Å². The number of amides is 1. The normalized spacial score (nSPS) is 22.3. The van der Waals surface area contributed by atoms with Crippen LogP contribution < -0.4 is 19.7 Å². The molecular formula is C27H31BrF3N7O3. The molecule has 5 heterocycles. The average molecular weight is 638 g/mol. The molecule has 2 saturated heterocycles. The van der Waals surface area contributed by atoms with Crippen LogP contribution in [0.15, 0.2) is 10.5 Å². The van der Waals surface area contributed by atoms with Crippen LogP contribution in [-0.4, -0.2) is 81.7 Å². The molecule has 0 spiro atoms. The van der Waals surface area contributed by atoms with E-state index < -0.39 is 27.8 Å². The van der Waals surface area contributed by atoms with Crippen molar-refractivity contribution in [3.63, 3.8) is 0 Å². The topological polar surface area (TPSA) is 97.6 Å². The van der Waals surface area contributed by atoms with Crippen molar-refractivity contribution in [3.8, 4) is 11.8 Å². The number of methoxy groups -OCH3 is 1. The van der Waals surface area contributed by atoms with E-state index in [-0.39, 0.29) is 59.3 Å². The highest BCUT2D eigenvalue weighted by molar-refractivity contribution is 9.10. The van der Waals surface area contributed by atoms with Crippen molar-refractivity contribution >= 4 is 38.6 Å². The van der Waals surface area contributed by atoms with Crippen molar-refractivity contribution < 1.29 is 27.4 Å². The lowest BCUT2D eigenvalue weighted by atomic mass is 9.95. The highest BCUT2D eigenvalue weighted by Gasteiger charge is 2.49. The summed E-state index contributed by atoms with van der Waals surface area (Å²) in [6.07, 6.45) is 1.15. The fraction of sp³-hybridized carbons (Fsp3) is 0.556. The average Bonchev–Trinajstić information content (AvgIpc) is 3.62.